The van der Waals surface area contributed by atoms with E-state index in [0.29, 0.717) is 22.3 Å². The molecule has 0 atom stereocenters. The molecular weight excluding hydrogens is 424 g/mol. The molecule has 0 saturated carbocycles. The minimum atomic E-state index is -0.372. The van der Waals surface area contributed by atoms with Crippen molar-refractivity contribution in [2.75, 3.05) is 21.3 Å². The maximum Gasteiger partial charge on any atom is 0.232 e. The van der Waals surface area contributed by atoms with E-state index in [-0.39, 0.29) is 45.4 Å². The predicted octanol–water partition coefficient (Wildman–Crippen LogP) is 3.73. The molecule has 31 heavy (non-hydrogen) atoms. The molecule has 2 aromatic rings. The van der Waals surface area contributed by atoms with Crippen LogP contribution in [0.2, 0.25) is 0 Å². The van der Waals surface area contributed by atoms with Crippen molar-refractivity contribution in [3.63, 3.8) is 0 Å². The first-order valence-electron chi connectivity index (χ1n) is 9.00. The number of carbonyl (C=O) groups is 4. The summed E-state index contributed by atoms with van der Waals surface area (Å²) in [6, 6.07) is 13.1. The standard InChI is InChI=1S/C12H10O4.C11H7ClO3/c1-15-11-9(13)7-5-3-4-6-8(7)10(14)12(11)16-2;1-15-11-8(12)9(13)6-4-2-3-5-7(6)10(11)14/h3-6H,1-2H3;2-5H,1H3. The fraction of sp³-hybridized carbons (Fsp3) is 0.130. The highest BCUT2D eigenvalue weighted by Crippen LogP contribution is 2.28. The molecule has 0 N–H and O–H groups in total. The van der Waals surface area contributed by atoms with E-state index in [9.17, 15) is 19.2 Å². The Bertz CT molecular complexity index is 1130. The Labute approximate surface area is 182 Å². The molecule has 0 amide bonds. The third-order valence-electron chi connectivity index (χ3n) is 4.67. The van der Waals surface area contributed by atoms with Gasteiger partial charge in [-0.3, -0.25) is 19.2 Å². The van der Waals surface area contributed by atoms with Crippen molar-refractivity contribution in [2.24, 2.45) is 0 Å². The van der Waals surface area contributed by atoms with Gasteiger partial charge in [-0.1, -0.05) is 60.1 Å². The molecule has 0 aliphatic heterocycles. The van der Waals surface area contributed by atoms with Gasteiger partial charge in [0.05, 0.1) is 21.3 Å². The second-order valence-corrected chi connectivity index (χ2v) is 6.70. The van der Waals surface area contributed by atoms with Gasteiger partial charge in [0.1, 0.15) is 5.03 Å². The number of ketones is 4. The van der Waals surface area contributed by atoms with Crippen LogP contribution in [-0.4, -0.2) is 44.5 Å². The van der Waals surface area contributed by atoms with E-state index < -0.39 is 0 Å². The molecule has 0 saturated heterocycles. The number of benzene rings is 2. The summed E-state index contributed by atoms with van der Waals surface area (Å²) in [6.07, 6.45) is 0. The molecule has 2 aliphatic rings. The van der Waals surface area contributed by atoms with Gasteiger partial charge in [0.15, 0.2) is 5.76 Å². The highest BCUT2D eigenvalue weighted by atomic mass is 35.5. The predicted molar refractivity (Wildman–Crippen MR) is 111 cm³/mol. The van der Waals surface area contributed by atoms with E-state index >= 15 is 0 Å². The minimum absolute atomic E-state index is 0.0359. The van der Waals surface area contributed by atoms with Crippen LogP contribution in [0.5, 0.6) is 0 Å². The van der Waals surface area contributed by atoms with E-state index in [4.69, 9.17) is 25.8 Å². The van der Waals surface area contributed by atoms with Crippen molar-refractivity contribution >= 4 is 34.7 Å². The lowest BCUT2D eigenvalue weighted by Gasteiger charge is -2.18. The number of halogens is 1. The van der Waals surface area contributed by atoms with Crippen LogP contribution in [0.3, 0.4) is 0 Å². The summed E-state index contributed by atoms with van der Waals surface area (Å²) in [5.41, 5.74) is 1.37. The second-order valence-electron chi connectivity index (χ2n) is 6.32. The van der Waals surface area contributed by atoms with Crippen molar-refractivity contribution < 1.29 is 33.4 Å². The van der Waals surface area contributed by atoms with Crippen molar-refractivity contribution in [2.45, 2.75) is 0 Å². The monoisotopic (exact) mass is 440 g/mol. The summed E-state index contributed by atoms with van der Waals surface area (Å²) in [5, 5.41) is -0.152. The average molecular weight is 441 g/mol. The number of Topliss-reactive ketones (excluding diaryl/α,β-unsaturated/α-hetero) is 4. The molecule has 8 heteroatoms. The topological polar surface area (TPSA) is 96.0 Å². The minimum Gasteiger partial charge on any atom is -0.491 e. The zero-order valence-corrected chi connectivity index (χ0v) is 17.6. The second kappa shape index (κ2) is 8.97. The van der Waals surface area contributed by atoms with Crippen LogP contribution in [0.1, 0.15) is 41.4 Å². The van der Waals surface area contributed by atoms with Crippen LogP contribution in [0.4, 0.5) is 0 Å². The highest BCUT2D eigenvalue weighted by Gasteiger charge is 2.34. The van der Waals surface area contributed by atoms with Crippen molar-refractivity contribution in [1.82, 2.24) is 0 Å². The molecule has 0 heterocycles. The van der Waals surface area contributed by atoms with Gasteiger partial charge in [-0.15, -0.1) is 0 Å². The summed E-state index contributed by atoms with van der Waals surface area (Å²) in [4.78, 5) is 47.4. The number of carbonyl (C=O) groups excluding carboxylic acids is 4. The summed E-state index contributed by atoms with van der Waals surface area (Å²) in [5.74, 6) is -1.52. The Balaban J connectivity index is 0.000000176. The number of ether oxygens (including phenoxy) is 3. The Morgan fingerprint density at radius 1 is 0.516 bits per heavy atom. The Kier molecular flexibility index (Phi) is 6.36. The number of hydrogen-bond acceptors (Lipinski definition) is 7. The summed E-state index contributed by atoms with van der Waals surface area (Å²) in [7, 11) is 4.00. The molecular formula is C23H17ClO7. The number of methoxy groups -OCH3 is 3. The molecule has 2 aliphatic carbocycles. The summed E-state index contributed by atoms with van der Waals surface area (Å²) in [6.45, 7) is 0. The first-order valence-corrected chi connectivity index (χ1v) is 9.38. The lowest BCUT2D eigenvalue weighted by molar-refractivity contribution is 0.0829. The van der Waals surface area contributed by atoms with Gasteiger partial charge in [-0.05, 0) is 0 Å². The summed E-state index contributed by atoms with van der Waals surface area (Å²) < 4.78 is 14.7. The van der Waals surface area contributed by atoms with Gasteiger partial charge in [-0.2, -0.15) is 0 Å². The smallest absolute Gasteiger partial charge is 0.232 e. The fourth-order valence-corrected chi connectivity index (χ4v) is 3.47. The molecule has 7 nitrogen and oxygen atoms in total. The van der Waals surface area contributed by atoms with E-state index in [2.05, 4.69) is 0 Å². The largest absolute Gasteiger partial charge is 0.491 e. The molecule has 0 fully saturated rings. The maximum absolute atomic E-state index is 11.9. The molecule has 0 radical (unpaired) electrons. The molecule has 0 unspecified atom stereocenters. The number of allylic oxidation sites excluding steroid dienone is 4. The number of hydrogen-bond donors (Lipinski definition) is 0. The first-order chi connectivity index (χ1) is 14.9. The van der Waals surface area contributed by atoms with Crippen LogP contribution < -0.4 is 0 Å². The van der Waals surface area contributed by atoms with Crippen LogP contribution in [0.15, 0.2) is 70.8 Å². The quantitative estimate of drug-likeness (QED) is 0.717. The van der Waals surface area contributed by atoms with Crippen molar-refractivity contribution in [1.29, 1.82) is 0 Å². The molecule has 0 bridgehead atoms. The molecule has 4 rings (SSSR count). The van der Waals surface area contributed by atoms with Gasteiger partial charge >= 0.3 is 0 Å². The zero-order valence-electron chi connectivity index (χ0n) is 16.9. The fourth-order valence-electron chi connectivity index (χ4n) is 3.21. The Morgan fingerprint density at radius 3 is 1.13 bits per heavy atom. The van der Waals surface area contributed by atoms with Gasteiger partial charge in [0.2, 0.25) is 34.7 Å². The van der Waals surface area contributed by atoms with E-state index in [1.54, 1.807) is 48.5 Å². The lowest BCUT2D eigenvalue weighted by Crippen LogP contribution is -2.23. The third-order valence-corrected chi connectivity index (χ3v) is 5.01. The molecule has 0 aromatic heterocycles. The Hall–Kier alpha value is -3.71. The van der Waals surface area contributed by atoms with Crippen LogP contribution in [0, 0.1) is 0 Å². The molecule has 2 aromatic carbocycles. The van der Waals surface area contributed by atoms with E-state index in [1.165, 1.54) is 21.3 Å². The van der Waals surface area contributed by atoms with Gasteiger partial charge in [0.25, 0.3) is 0 Å². The normalized spacial score (nSPS) is 15.1. The average Bonchev–Trinajstić information content (AvgIpc) is 2.80. The Morgan fingerprint density at radius 2 is 0.806 bits per heavy atom. The van der Waals surface area contributed by atoms with Gasteiger partial charge in [-0.25, -0.2) is 0 Å². The number of rotatable bonds is 3. The maximum atomic E-state index is 11.9. The van der Waals surface area contributed by atoms with Crippen molar-refractivity contribution in [3.8, 4) is 0 Å². The zero-order chi connectivity index (χ0) is 22.7. The SMILES string of the molecule is COC1=C(Cl)C(=O)c2ccccc2C1=O.COC1=C(OC)C(=O)c2ccccc2C1=O. The molecule has 0 spiro atoms. The van der Waals surface area contributed by atoms with Gasteiger partial charge < -0.3 is 14.2 Å². The first kappa shape index (κ1) is 22.0. The van der Waals surface area contributed by atoms with Crippen LogP contribution in [-0.2, 0) is 14.2 Å². The van der Waals surface area contributed by atoms with E-state index in [0.717, 1.165) is 0 Å². The van der Waals surface area contributed by atoms with Crippen LogP contribution in [0.25, 0.3) is 0 Å². The number of fused-ring (bicyclic) bond motifs is 2. The van der Waals surface area contributed by atoms with Crippen LogP contribution >= 0.6 is 11.6 Å². The van der Waals surface area contributed by atoms with Crippen molar-refractivity contribution in [3.05, 3.63) is 93.1 Å². The highest BCUT2D eigenvalue weighted by molar-refractivity contribution is 6.49. The molecule has 158 valence electrons. The van der Waals surface area contributed by atoms with Gasteiger partial charge in [0, 0.05) is 22.3 Å². The summed E-state index contributed by atoms with van der Waals surface area (Å²) >= 11 is 5.74. The lowest BCUT2D eigenvalue weighted by atomic mass is 9.92. The van der Waals surface area contributed by atoms with E-state index in [1.807, 2.05) is 0 Å². The third kappa shape index (κ3) is 3.75.